The van der Waals surface area contributed by atoms with Crippen LogP contribution in [0.15, 0.2) is 47.4 Å². The van der Waals surface area contributed by atoms with Crippen LogP contribution in [0.4, 0.5) is 5.69 Å². The van der Waals surface area contributed by atoms with Crippen molar-refractivity contribution < 1.29 is 22.7 Å². The van der Waals surface area contributed by atoms with Crippen molar-refractivity contribution in [3.63, 3.8) is 0 Å². The lowest BCUT2D eigenvalue weighted by atomic mass is 10.1. The van der Waals surface area contributed by atoms with Crippen molar-refractivity contribution in [2.45, 2.75) is 18.7 Å². The maximum atomic E-state index is 12.4. The maximum Gasteiger partial charge on any atom is 0.244 e. The summed E-state index contributed by atoms with van der Waals surface area (Å²) in [7, 11) is -2.54. The van der Waals surface area contributed by atoms with E-state index in [1.54, 1.807) is 43.3 Å². The van der Waals surface area contributed by atoms with Crippen LogP contribution in [0, 0.1) is 6.92 Å². The van der Waals surface area contributed by atoms with Crippen LogP contribution in [0.3, 0.4) is 0 Å². The molecule has 2 aromatic rings. The van der Waals surface area contributed by atoms with Crippen LogP contribution in [-0.2, 0) is 14.8 Å². The summed E-state index contributed by atoms with van der Waals surface area (Å²) in [6.07, 6.45) is 0. The van der Waals surface area contributed by atoms with E-state index in [-0.39, 0.29) is 16.4 Å². The zero-order valence-electron chi connectivity index (χ0n) is 14.7. The Labute approximate surface area is 152 Å². The smallest absolute Gasteiger partial charge is 0.244 e. The van der Waals surface area contributed by atoms with E-state index in [4.69, 9.17) is 4.74 Å². The van der Waals surface area contributed by atoms with Crippen molar-refractivity contribution in [2.75, 3.05) is 19.0 Å². The Morgan fingerprint density at radius 1 is 1.08 bits per heavy atom. The summed E-state index contributed by atoms with van der Waals surface area (Å²) in [5, 5.41) is 2.56. The number of carbonyl (C=O) groups excluding carboxylic acids is 2. The minimum Gasteiger partial charge on any atom is -0.495 e. The van der Waals surface area contributed by atoms with Gasteiger partial charge >= 0.3 is 0 Å². The quantitative estimate of drug-likeness (QED) is 0.721. The number of methoxy groups -OCH3 is 1. The minimum atomic E-state index is -3.91. The molecule has 2 rings (SSSR count). The number of carbonyl (C=O) groups is 2. The molecule has 0 saturated carbocycles. The lowest BCUT2D eigenvalue weighted by Gasteiger charge is -2.12. The zero-order valence-corrected chi connectivity index (χ0v) is 15.5. The van der Waals surface area contributed by atoms with E-state index in [2.05, 4.69) is 10.0 Å². The molecule has 0 atom stereocenters. The molecule has 0 spiro atoms. The standard InChI is InChI=1S/C18H20N2O5S/c1-12-4-9-16(25-3)17(10-12)26(23,24)19-11-18(22)20-15-7-5-14(6-8-15)13(2)21/h4-10,19H,11H2,1-3H3,(H,20,22). The van der Waals surface area contributed by atoms with E-state index in [1.807, 2.05) is 0 Å². The monoisotopic (exact) mass is 376 g/mol. The van der Waals surface area contributed by atoms with Gasteiger partial charge in [-0.05, 0) is 55.8 Å². The molecule has 2 N–H and O–H groups in total. The fraction of sp³-hybridized carbons (Fsp3) is 0.222. The second-order valence-electron chi connectivity index (χ2n) is 5.66. The molecule has 0 aliphatic carbocycles. The van der Waals surface area contributed by atoms with Gasteiger partial charge in [0.1, 0.15) is 10.6 Å². The maximum absolute atomic E-state index is 12.4. The Balaban J connectivity index is 2.04. The largest absolute Gasteiger partial charge is 0.495 e. The van der Waals surface area contributed by atoms with Gasteiger partial charge in [0, 0.05) is 11.3 Å². The summed E-state index contributed by atoms with van der Waals surface area (Å²) < 4.78 is 32.2. The third-order valence-corrected chi connectivity index (χ3v) is 5.03. The summed E-state index contributed by atoms with van der Waals surface area (Å²) in [5.74, 6) is -0.415. The van der Waals surface area contributed by atoms with Crippen molar-refractivity contribution >= 4 is 27.4 Å². The van der Waals surface area contributed by atoms with Gasteiger partial charge in [-0.3, -0.25) is 9.59 Å². The number of anilines is 1. The number of sulfonamides is 1. The average molecular weight is 376 g/mol. The Morgan fingerprint density at radius 3 is 2.31 bits per heavy atom. The number of rotatable bonds is 7. The molecule has 0 saturated heterocycles. The fourth-order valence-electron chi connectivity index (χ4n) is 2.23. The second kappa shape index (κ2) is 8.11. The van der Waals surface area contributed by atoms with Gasteiger partial charge in [0.25, 0.3) is 0 Å². The molecule has 138 valence electrons. The normalized spacial score (nSPS) is 11.0. The van der Waals surface area contributed by atoms with Crippen molar-refractivity contribution in [3.05, 3.63) is 53.6 Å². The number of aryl methyl sites for hydroxylation is 1. The molecular formula is C18H20N2O5S. The zero-order chi connectivity index (χ0) is 19.3. The topological polar surface area (TPSA) is 102 Å². The summed E-state index contributed by atoms with van der Waals surface area (Å²) in [4.78, 5) is 23.2. The summed E-state index contributed by atoms with van der Waals surface area (Å²) in [6.45, 7) is 2.77. The number of hydrogen-bond acceptors (Lipinski definition) is 5. The summed E-state index contributed by atoms with van der Waals surface area (Å²) >= 11 is 0. The highest BCUT2D eigenvalue weighted by Gasteiger charge is 2.20. The van der Waals surface area contributed by atoms with Gasteiger partial charge in [-0.15, -0.1) is 0 Å². The first kappa shape index (κ1) is 19.6. The predicted molar refractivity (Wildman–Crippen MR) is 98.0 cm³/mol. The second-order valence-corrected chi connectivity index (χ2v) is 7.40. The molecule has 0 aromatic heterocycles. The van der Waals surface area contributed by atoms with Crippen LogP contribution < -0.4 is 14.8 Å². The fourth-order valence-corrected chi connectivity index (χ4v) is 3.46. The number of benzene rings is 2. The van der Waals surface area contributed by atoms with Gasteiger partial charge in [-0.2, -0.15) is 0 Å². The molecule has 0 aliphatic rings. The first-order chi connectivity index (χ1) is 12.2. The molecule has 7 nitrogen and oxygen atoms in total. The Kier molecular flexibility index (Phi) is 6.12. The first-order valence-electron chi connectivity index (χ1n) is 7.78. The number of nitrogens with one attached hydrogen (secondary N) is 2. The Bertz CT molecular complexity index is 921. The van der Waals surface area contributed by atoms with Crippen LogP contribution in [0.1, 0.15) is 22.8 Å². The van der Waals surface area contributed by atoms with E-state index in [0.29, 0.717) is 11.3 Å². The van der Waals surface area contributed by atoms with Gasteiger partial charge in [0.2, 0.25) is 15.9 Å². The van der Waals surface area contributed by atoms with E-state index in [1.165, 1.54) is 20.1 Å². The van der Waals surface area contributed by atoms with Gasteiger partial charge in [-0.1, -0.05) is 6.07 Å². The van der Waals surface area contributed by atoms with Crippen LogP contribution in [0.25, 0.3) is 0 Å². The lowest BCUT2D eigenvalue weighted by Crippen LogP contribution is -2.33. The van der Waals surface area contributed by atoms with Gasteiger partial charge in [0.05, 0.1) is 13.7 Å². The highest BCUT2D eigenvalue weighted by molar-refractivity contribution is 7.89. The SMILES string of the molecule is COc1ccc(C)cc1S(=O)(=O)NCC(=O)Nc1ccc(C(C)=O)cc1. The number of hydrogen-bond donors (Lipinski definition) is 2. The molecule has 8 heteroatoms. The van der Waals surface area contributed by atoms with Crippen molar-refractivity contribution in [2.24, 2.45) is 0 Å². The summed E-state index contributed by atoms with van der Waals surface area (Å²) in [6, 6.07) is 11.1. The number of Topliss-reactive ketones (excluding diaryl/α,β-unsaturated/α-hetero) is 1. The molecule has 0 fully saturated rings. The molecule has 0 radical (unpaired) electrons. The molecule has 1 amide bonds. The number of ether oxygens (including phenoxy) is 1. The van der Waals surface area contributed by atoms with Crippen LogP contribution >= 0.6 is 0 Å². The number of ketones is 1. The van der Waals surface area contributed by atoms with E-state index >= 15 is 0 Å². The van der Waals surface area contributed by atoms with Crippen molar-refractivity contribution in [3.8, 4) is 5.75 Å². The first-order valence-corrected chi connectivity index (χ1v) is 9.26. The van der Waals surface area contributed by atoms with Crippen LogP contribution in [0.5, 0.6) is 5.75 Å². The molecule has 2 aromatic carbocycles. The van der Waals surface area contributed by atoms with Crippen LogP contribution in [-0.4, -0.2) is 33.8 Å². The molecule has 0 heterocycles. The molecule has 26 heavy (non-hydrogen) atoms. The minimum absolute atomic E-state index is 0.0291. The van der Waals surface area contributed by atoms with Gasteiger partial charge < -0.3 is 10.1 Å². The highest BCUT2D eigenvalue weighted by Crippen LogP contribution is 2.24. The lowest BCUT2D eigenvalue weighted by molar-refractivity contribution is -0.115. The third-order valence-electron chi connectivity index (χ3n) is 3.61. The predicted octanol–water partition coefficient (Wildman–Crippen LogP) is 2.12. The number of amides is 1. The van der Waals surface area contributed by atoms with E-state index in [9.17, 15) is 18.0 Å². The molecular weight excluding hydrogens is 356 g/mol. The highest BCUT2D eigenvalue weighted by atomic mass is 32.2. The third kappa shape index (κ3) is 4.90. The van der Waals surface area contributed by atoms with Crippen LogP contribution in [0.2, 0.25) is 0 Å². The summed E-state index contributed by atoms with van der Waals surface area (Å²) in [5.41, 5.74) is 1.74. The van der Waals surface area contributed by atoms with Crippen molar-refractivity contribution in [1.29, 1.82) is 0 Å². The Morgan fingerprint density at radius 2 is 1.73 bits per heavy atom. The van der Waals surface area contributed by atoms with E-state index in [0.717, 1.165) is 5.56 Å². The Hall–Kier alpha value is -2.71. The van der Waals surface area contributed by atoms with E-state index < -0.39 is 22.5 Å². The van der Waals surface area contributed by atoms with Gasteiger partial charge in [-0.25, -0.2) is 13.1 Å². The van der Waals surface area contributed by atoms with Crippen molar-refractivity contribution in [1.82, 2.24) is 4.72 Å². The molecule has 0 unspecified atom stereocenters. The van der Waals surface area contributed by atoms with Gasteiger partial charge in [0.15, 0.2) is 5.78 Å². The molecule has 0 aliphatic heterocycles. The molecule has 0 bridgehead atoms. The average Bonchev–Trinajstić information content (AvgIpc) is 2.60.